The largest absolute Gasteiger partial charge is 0.468 e. The Bertz CT molecular complexity index is 4000. The molecule has 0 saturated carbocycles. The van der Waals surface area contributed by atoms with E-state index in [0.717, 1.165) is 71.0 Å². The smallest absolute Gasteiger partial charge is 0.297 e. The minimum atomic E-state index is -0.240. The van der Waals surface area contributed by atoms with Gasteiger partial charge in [0.25, 0.3) is 6.71 Å². The fraction of sp³-hybridized carbons (Fsp3) is 0.389. The van der Waals surface area contributed by atoms with Gasteiger partial charge >= 0.3 is 0 Å². The van der Waals surface area contributed by atoms with Crippen molar-refractivity contribution in [3.63, 3.8) is 0 Å². The molecule has 3 aliphatic carbocycles. The van der Waals surface area contributed by atoms with Crippen LogP contribution in [0, 0.1) is 0 Å². The van der Waals surface area contributed by atoms with Gasteiger partial charge in [0, 0.05) is 44.5 Å². The van der Waals surface area contributed by atoms with Crippen LogP contribution in [0.4, 0.5) is 34.1 Å². The van der Waals surface area contributed by atoms with Crippen LogP contribution in [0.3, 0.4) is 0 Å². The molecule has 4 heterocycles. The Morgan fingerprint density at radius 1 is 0.416 bits per heavy atom. The van der Waals surface area contributed by atoms with Gasteiger partial charge in [-0.25, -0.2) is 0 Å². The van der Waals surface area contributed by atoms with Gasteiger partial charge in [0.2, 0.25) is 0 Å². The summed E-state index contributed by atoms with van der Waals surface area (Å²) in [6.07, 6.45) is 6.86. The van der Waals surface area contributed by atoms with Crippen LogP contribution in [0.15, 0.2) is 130 Å². The lowest BCUT2D eigenvalue weighted by molar-refractivity contribution is 0.332. The number of hydrogen-bond acceptors (Lipinski definition) is 4. The molecule has 0 N–H and O–H groups in total. The Kier molecular flexibility index (Phi) is 9.93. The average molecular weight is 1010 g/mol. The topological polar surface area (TPSA) is 32.8 Å². The first-order chi connectivity index (χ1) is 36.2. The quantitative estimate of drug-likeness (QED) is 0.165. The molecule has 4 nitrogen and oxygen atoms in total. The highest BCUT2D eigenvalue weighted by Gasteiger charge is 2.50. The molecule has 0 spiro atoms. The number of anilines is 6. The second-order valence-electron chi connectivity index (χ2n) is 29.3. The van der Waals surface area contributed by atoms with Gasteiger partial charge in [0.15, 0.2) is 0 Å². The van der Waals surface area contributed by atoms with Gasteiger partial charge in [-0.3, -0.25) is 0 Å². The molecule has 2 aromatic heterocycles. The van der Waals surface area contributed by atoms with Crippen molar-refractivity contribution in [3.05, 3.63) is 160 Å². The molecule has 5 heteroatoms. The number of para-hydroxylation sites is 1. The summed E-state index contributed by atoms with van der Waals surface area (Å²) in [5.41, 5.74) is 25.8. The zero-order valence-corrected chi connectivity index (χ0v) is 48.6. The number of fused-ring (bicyclic) bond motifs is 12. The van der Waals surface area contributed by atoms with Gasteiger partial charge in [0.05, 0.1) is 17.0 Å². The summed E-state index contributed by atoms with van der Waals surface area (Å²) in [5.74, 6) is 0. The van der Waals surface area contributed by atoms with Crippen molar-refractivity contribution in [2.24, 2.45) is 0 Å². The molecule has 390 valence electrons. The van der Waals surface area contributed by atoms with Crippen LogP contribution < -0.4 is 26.4 Å². The van der Waals surface area contributed by atoms with E-state index in [4.69, 9.17) is 8.83 Å². The highest BCUT2D eigenvalue weighted by Crippen LogP contribution is 2.57. The summed E-state index contributed by atoms with van der Waals surface area (Å²) >= 11 is 0. The fourth-order valence-corrected chi connectivity index (χ4v) is 15.1. The number of rotatable bonds is 3. The summed E-state index contributed by atoms with van der Waals surface area (Å²) in [6, 6.07) is 47.5. The first-order valence-corrected chi connectivity index (χ1v) is 29.0. The maximum atomic E-state index is 7.80. The van der Waals surface area contributed by atoms with E-state index in [9.17, 15) is 0 Å². The van der Waals surface area contributed by atoms with Crippen molar-refractivity contribution in [2.75, 3.05) is 9.80 Å². The number of hydrogen-bond donors (Lipinski definition) is 0. The van der Waals surface area contributed by atoms with E-state index in [1.807, 2.05) is 0 Å². The SMILES string of the molecule is CC(C)(C)c1cc2c3c(c1)N(c1ccc4c(c1)C(C)(C)CCC4(C)C)c1c(oc4cc5c(cc14)C(C)(C)CCC5(C)C)B3c1cc3oc4ccccc4c3cc1N2c1cc2c(cc1-c1ccccc1)C(C)(C)CCC2(C)C. The fourth-order valence-electron chi connectivity index (χ4n) is 15.1. The third-order valence-corrected chi connectivity index (χ3v) is 20.4. The van der Waals surface area contributed by atoms with Crippen molar-refractivity contribution >= 4 is 90.3 Å². The van der Waals surface area contributed by atoms with Gasteiger partial charge < -0.3 is 18.6 Å². The van der Waals surface area contributed by atoms with E-state index in [1.165, 1.54) is 101 Å². The predicted octanol–water partition coefficient (Wildman–Crippen LogP) is 18.4. The second-order valence-corrected chi connectivity index (χ2v) is 29.3. The Balaban J connectivity index is 1.16. The molecule has 77 heavy (non-hydrogen) atoms. The predicted molar refractivity (Wildman–Crippen MR) is 328 cm³/mol. The lowest BCUT2D eigenvalue weighted by Crippen LogP contribution is -2.61. The third kappa shape index (κ3) is 7.02. The molecule has 0 fully saturated rings. The van der Waals surface area contributed by atoms with Crippen LogP contribution in [0.2, 0.25) is 0 Å². The Labute approximate surface area is 458 Å². The standard InChI is InChI=1S/C72H77BN2O2/c1-66(2,3)43-33-58-63-59(34-43)75(56-39-53-51(69(8,9)29-31-71(53,12)13)36-46(56)42-21-17-16-18-22-42)57-38-47-45-23-19-20-24-60(45)76-62(47)41-55(57)73(63)65-64(48-37-52-54(40-61(48)77-65)72(14,15)32-30-70(52,10)11)74(58)44-25-26-49-50(35-44)68(6,7)28-27-67(49,4)5/h16-26,33-41H,27-32H2,1-15H3. The van der Waals surface area contributed by atoms with Crippen LogP contribution >= 0.6 is 0 Å². The van der Waals surface area contributed by atoms with Crippen LogP contribution in [0.25, 0.3) is 44.0 Å². The first kappa shape index (κ1) is 48.9. The Hall–Kier alpha value is -6.46. The van der Waals surface area contributed by atoms with Crippen molar-refractivity contribution in [1.29, 1.82) is 0 Å². The molecule has 0 unspecified atom stereocenters. The Morgan fingerprint density at radius 3 is 1.58 bits per heavy atom. The van der Waals surface area contributed by atoms with Gasteiger partial charge in [-0.2, -0.15) is 0 Å². The van der Waals surface area contributed by atoms with E-state index in [-0.39, 0.29) is 44.6 Å². The number of furan rings is 2. The molecule has 2 aliphatic heterocycles. The molecule has 0 saturated heterocycles. The van der Waals surface area contributed by atoms with E-state index < -0.39 is 0 Å². The minimum Gasteiger partial charge on any atom is -0.468 e. The second kappa shape index (κ2) is 15.6. The number of benzene rings is 7. The van der Waals surface area contributed by atoms with Gasteiger partial charge in [0.1, 0.15) is 16.7 Å². The molecule has 9 aromatic rings. The first-order valence-electron chi connectivity index (χ1n) is 29.0. The maximum Gasteiger partial charge on any atom is 0.297 e. The van der Waals surface area contributed by atoms with Crippen molar-refractivity contribution < 1.29 is 8.83 Å². The van der Waals surface area contributed by atoms with Crippen molar-refractivity contribution in [2.45, 2.75) is 180 Å². The van der Waals surface area contributed by atoms with Crippen LogP contribution in [0.5, 0.6) is 0 Å². The lowest BCUT2D eigenvalue weighted by Gasteiger charge is -2.46. The summed E-state index contributed by atoms with van der Waals surface area (Å²) < 4.78 is 14.7. The summed E-state index contributed by atoms with van der Waals surface area (Å²) in [4.78, 5) is 5.35. The maximum absolute atomic E-state index is 7.80. The van der Waals surface area contributed by atoms with Gasteiger partial charge in [-0.1, -0.05) is 158 Å². The third-order valence-electron chi connectivity index (χ3n) is 20.4. The van der Waals surface area contributed by atoms with Crippen molar-refractivity contribution in [1.82, 2.24) is 0 Å². The van der Waals surface area contributed by atoms with Gasteiger partial charge in [-0.05, 0) is 199 Å². The van der Waals surface area contributed by atoms with Gasteiger partial charge in [-0.15, -0.1) is 0 Å². The van der Waals surface area contributed by atoms with Crippen molar-refractivity contribution in [3.8, 4) is 11.1 Å². The zero-order valence-electron chi connectivity index (χ0n) is 48.6. The minimum absolute atomic E-state index is 0.00849. The van der Waals surface area contributed by atoms with E-state index in [0.29, 0.717) is 0 Å². The Morgan fingerprint density at radius 2 is 0.948 bits per heavy atom. The monoisotopic (exact) mass is 1010 g/mol. The highest BCUT2D eigenvalue weighted by molar-refractivity contribution is 7.00. The molecule has 7 aromatic carbocycles. The number of nitrogens with zero attached hydrogens (tertiary/aromatic N) is 2. The molecule has 0 atom stereocenters. The molecule has 5 aliphatic rings. The van der Waals surface area contributed by atoms with E-state index in [2.05, 4.69) is 235 Å². The lowest BCUT2D eigenvalue weighted by atomic mass is 9.35. The summed E-state index contributed by atoms with van der Waals surface area (Å²) in [7, 11) is 0. The summed E-state index contributed by atoms with van der Waals surface area (Å²) in [5, 5.41) is 3.44. The molecule has 14 rings (SSSR count). The average Bonchev–Trinajstić information content (AvgIpc) is 4.11. The molecule has 0 bridgehead atoms. The van der Waals surface area contributed by atoms with Crippen LogP contribution in [-0.4, -0.2) is 6.71 Å². The zero-order chi connectivity index (χ0) is 53.9. The molecule has 0 radical (unpaired) electrons. The molecule has 0 amide bonds. The normalized spacial score (nSPS) is 19.9. The molecular weight excluding hydrogens is 936 g/mol. The van der Waals surface area contributed by atoms with Crippen LogP contribution in [-0.2, 0) is 37.9 Å². The van der Waals surface area contributed by atoms with E-state index in [1.54, 1.807) is 0 Å². The van der Waals surface area contributed by atoms with Crippen LogP contribution in [0.1, 0.15) is 181 Å². The molecular formula is C72H77BN2O2. The van der Waals surface area contributed by atoms with E-state index >= 15 is 0 Å². The highest BCUT2D eigenvalue weighted by atomic mass is 16.3. The summed E-state index contributed by atoms with van der Waals surface area (Å²) in [6.45, 7) is 36.4.